The van der Waals surface area contributed by atoms with E-state index in [0.717, 1.165) is 11.3 Å². The highest BCUT2D eigenvalue weighted by Crippen LogP contribution is 2.27. The molecule has 0 spiro atoms. The fraction of sp³-hybridized carbons (Fsp3) is 0.500. The van der Waals surface area contributed by atoms with Crippen LogP contribution in [0.5, 0.6) is 0 Å². The summed E-state index contributed by atoms with van der Waals surface area (Å²) in [6.45, 7) is 3.87. The first-order chi connectivity index (χ1) is 7.94. The predicted molar refractivity (Wildman–Crippen MR) is 65.9 cm³/mol. The highest BCUT2D eigenvalue weighted by molar-refractivity contribution is 7.89. The zero-order valence-corrected chi connectivity index (χ0v) is 11.6. The van der Waals surface area contributed by atoms with Crippen molar-refractivity contribution in [1.29, 1.82) is 0 Å². The monoisotopic (exact) mass is 277 g/mol. The van der Waals surface area contributed by atoms with Crippen LogP contribution < -0.4 is 4.72 Å². The van der Waals surface area contributed by atoms with E-state index in [1.807, 2.05) is 6.92 Å². The Hall–Kier alpha value is -0.920. The van der Waals surface area contributed by atoms with Crippen molar-refractivity contribution < 1.29 is 17.9 Å². The van der Waals surface area contributed by atoms with Gasteiger partial charge in [-0.3, -0.25) is 0 Å². The summed E-state index contributed by atoms with van der Waals surface area (Å²) in [5, 5.41) is 1.63. The number of ether oxygens (including phenoxy) is 1. The number of sulfonamides is 1. The fourth-order valence-electron chi connectivity index (χ4n) is 1.31. The lowest BCUT2D eigenvalue weighted by molar-refractivity contribution is 0.0602. The van der Waals surface area contributed by atoms with Gasteiger partial charge in [-0.25, -0.2) is 17.9 Å². The number of nitrogens with one attached hydrogen (secondary N) is 1. The van der Waals surface area contributed by atoms with Crippen LogP contribution >= 0.6 is 11.3 Å². The highest BCUT2D eigenvalue weighted by Gasteiger charge is 2.26. The van der Waals surface area contributed by atoms with Gasteiger partial charge in [0.1, 0.15) is 9.77 Å². The minimum atomic E-state index is -3.64. The molecule has 1 N–H and O–H groups in total. The molecule has 0 aliphatic rings. The molecular formula is C10H15NO4S2. The summed E-state index contributed by atoms with van der Waals surface area (Å²) in [6.07, 6.45) is 0.690. The van der Waals surface area contributed by atoms with Crippen LogP contribution in [0.1, 0.15) is 28.6 Å². The number of hydrogen-bond donors (Lipinski definition) is 1. The smallest absolute Gasteiger partial charge is 0.349 e. The molecule has 0 aromatic carbocycles. The Bertz CT molecular complexity index is 504. The second-order valence-electron chi connectivity index (χ2n) is 3.47. The van der Waals surface area contributed by atoms with Gasteiger partial charge >= 0.3 is 5.97 Å². The first-order valence-corrected chi connectivity index (χ1v) is 7.46. The number of carbonyl (C=O) groups is 1. The summed E-state index contributed by atoms with van der Waals surface area (Å²) in [4.78, 5) is 11.6. The second kappa shape index (κ2) is 5.61. The van der Waals surface area contributed by atoms with Gasteiger partial charge in [0.15, 0.2) is 0 Å². The molecule has 0 atom stereocenters. The van der Waals surface area contributed by atoms with Gasteiger partial charge in [0.25, 0.3) is 0 Å². The maximum atomic E-state index is 12.0. The number of esters is 1. The summed E-state index contributed by atoms with van der Waals surface area (Å²) < 4.78 is 31.0. The SMILES string of the molecule is CCCNS(=O)(=O)c1c(C)csc1C(=O)OC. The number of thiophene rings is 1. The quantitative estimate of drug-likeness (QED) is 0.828. The van der Waals surface area contributed by atoms with Crippen LogP contribution in [0.15, 0.2) is 10.3 Å². The lowest BCUT2D eigenvalue weighted by Gasteiger charge is -2.07. The van der Waals surface area contributed by atoms with Crippen LogP contribution in [0.2, 0.25) is 0 Å². The minimum absolute atomic E-state index is 0.0304. The molecule has 1 aromatic rings. The molecule has 1 rings (SSSR count). The van der Waals surface area contributed by atoms with Crippen molar-refractivity contribution >= 4 is 27.3 Å². The second-order valence-corrected chi connectivity index (χ2v) is 6.05. The molecule has 0 bridgehead atoms. The third-order valence-electron chi connectivity index (χ3n) is 2.10. The molecule has 0 radical (unpaired) electrons. The molecular weight excluding hydrogens is 262 g/mol. The molecule has 1 aromatic heterocycles. The van der Waals surface area contributed by atoms with E-state index in [1.54, 1.807) is 12.3 Å². The highest BCUT2D eigenvalue weighted by atomic mass is 32.2. The van der Waals surface area contributed by atoms with Gasteiger partial charge in [-0.05, 0) is 24.3 Å². The Morgan fingerprint density at radius 2 is 2.18 bits per heavy atom. The van der Waals surface area contributed by atoms with Gasteiger partial charge in [-0.2, -0.15) is 0 Å². The number of carbonyl (C=O) groups excluding carboxylic acids is 1. The van der Waals surface area contributed by atoms with E-state index in [0.29, 0.717) is 18.5 Å². The molecule has 5 nitrogen and oxygen atoms in total. The van der Waals surface area contributed by atoms with Gasteiger partial charge in [0.05, 0.1) is 7.11 Å². The van der Waals surface area contributed by atoms with E-state index in [-0.39, 0.29) is 9.77 Å². The molecule has 0 aliphatic heterocycles. The van der Waals surface area contributed by atoms with Crippen molar-refractivity contribution in [3.63, 3.8) is 0 Å². The average Bonchev–Trinajstić information content (AvgIpc) is 2.68. The standard InChI is InChI=1S/C10H15NO4S2/c1-4-5-11-17(13,14)9-7(2)6-16-8(9)10(12)15-3/h6,11H,4-5H2,1-3H3. The summed E-state index contributed by atoms with van der Waals surface area (Å²) >= 11 is 1.08. The van der Waals surface area contributed by atoms with Crippen molar-refractivity contribution in [3.05, 3.63) is 15.8 Å². The Morgan fingerprint density at radius 1 is 1.53 bits per heavy atom. The zero-order chi connectivity index (χ0) is 13.1. The van der Waals surface area contributed by atoms with E-state index < -0.39 is 16.0 Å². The molecule has 0 saturated carbocycles. The third kappa shape index (κ3) is 3.05. The van der Waals surface area contributed by atoms with Gasteiger partial charge < -0.3 is 4.74 Å². The van der Waals surface area contributed by atoms with Crippen LogP contribution in [0.4, 0.5) is 0 Å². The summed E-state index contributed by atoms with van der Waals surface area (Å²) in [7, 11) is -2.41. The van der Waals surface area contributed by atoms with Gasteiger partial charge in [-0.1, -0.05) is 6.92 Å². The van der Waals surface area contributed by atoms with Crippen LogP contribution in [0, 0.1) is 6.92 Å². The van der Waals surface area contributed by atoms with E-state index in [1.165, 1.54) is 7.11 Å². The van der Waals surface area contributed by atoms with Crippen molar-refractivity contribution in [2.45, 2.75) is 25.2 Å². The third-order valence-corrected chi connectivity index (χ3v) is 4.95. The Balaban J connectivity index is 3.21. The Morgan fingerprint density at radius 3 is 2.71 bits per heavy atom. The number of methoxy groups -OCH3 is 1. The maximum absolute atomic E-state index is 12.0. The van der Waals surface area contributed by atoms with Crippen molar-refractivity contribution in [2.75, 3.05) is 13.7 Å². The largest absolute Gasteiger partial charge is 0.465 e. The summed E-state index contributed by atoms with van der Waals surface area (Å²) in [6, 6.07) is 0. The van der Waals surface area contributed by atoms with Gasteiger partial charge in [0, 0.05) is 6.54 Å². The maximum Gasteiger partial charge on any atom is 0.349 e. The molecule has 0 saturated heterocycles. The van der Waals surface area contributed by atoms with Crippen LogP contribution in [0.3, 0.4) is 0 Å². The Kier molecular flexibility index (Phi) is 4.67. The first kappa shape index (κ1) is 14.1. The number of rotatable bonds is 5. The number of aryl methyl sites for hydroxylation is 1. The van der Waals surface area contributed by atoms with Crippen molar-refractivity contribution in [2.24, 2.45) is 0 Å². The van der Waals surface area contributed by atoms with E-state index in [9.17, 15) is 13.2 Å². The van der Waals surface area contributed by atoms with Crippen LogP contribution in [0.25, 0.3) is 0 Å². The number of hydrogen-bond acceptors (Lipinski definition) is 5. The molecule has 0 unspecified atom stereocenters. The molecule has 0 amide bonds. The predicted octanol–water partition coefficient (Wildman–Crippen LogP) is 1.53. The normalized spacial score (nSPS) is 11.5. The summed E-state index contributed by atoms with van der Waals surface area (Å²) in [5.41, 5.74) is 0.555. The molecule has 96 valence electrons. The fourth-order valence-corrected chi connectivity index (χ4v) is 4.15. The van der Waals surface area contributed by atoms with E-state index in [4.69, 9.17) is 0 Å². The van der Waals surface area contributed by atoms with Crippen molar-refractivity contribution in [3.8, 4) is 0 Å². The van der Waals surface area contributed by atoms with Crippen LogP contribution in [-0.4, -0.2) is 28.0 Å². The molecule has 7 heteroatoms. The van der Waals surface area contributed by atoms with E-state index in [2.05, 4.69) is 9.46 Å². The Labute approximate surface area is 105 Å². The average molecular weight is 277 g/mol. The molecule has 17 heavy (non-hydrogen) atoms. The zero-order valence-electron chi connectivity index (χ0n) is 9.94. The lowest BCUT2D eigenvalue weighted by atomic mass is 10.3. The first-order valence-electron chi connectivity index (χ1n) is 5.10. The topological polar surface area (TPSA) is 72.5 Å². The molecule has 0 aliphatic carbocycles. The molecule has 1 heterocycles. The van der Waals surface area contributed by atoms with Crippen LogP contribution in [-0.2, 0) is 14.8 Å². The van der Waals surface area contributed by atoms with Crippen molar-refractivity contribution in [1.82, 2.24) is 4.72 Å². The lowest BCUT2D eigenvalue weighted by Crippen LogP contribution is -2.26. The molecule has 0 fully saturated rings. The van der Waals surface area contributed by atoms with E-state index >= 15 is 0 Å². The summed E-state index contributed by atoms with van der Waals surface area (Å²) in [5.74, 6) is -0.625. The van der Waals surface area contributed by atoms with Gasteiger partial charge in [-0.15, -0.1) is 11.3 Å². The van der Waals surface area contributed by atoms with Gasteiger partial charge in [0.2, 0.25) is 10.0 Å². The minimum Gasteiger partial charge on any atom is -0.465 e.